The van der Waals surface area contributed by atoms with E-state index in [0.29, 0.717) is 35.6 Å². The Kier molecular flexibility index (Phi) is 5.33. The number of hydrogen-bond donors (Lipinski definition) is 1. The smallest absolute Gasteiger partial charge is 0.162 e. The van der Waals surface area contributed by atoms with Crippen LogP contribution in [0.4, 0.5) is 15.8 Å². The van der Waals surface area contributed by atoms with Crippen LogP contribution in [-0.2, 0) is 0 Å². The predicted octanol–water partition coefficient (Wildman–Crippen LogP) is 5.21. The Morgan fingerprint density at radius 3 is 2.41 bits per heavy atom. The van der Waals surface area contributed by atoms with Gasteiger partial charge in [0.2, 0.25) is 0 Å². The summed E-state index contributed by atoms with van der Waals surface area (Å²) in [6.45, 7) is 4.87. The van der Waals surface area contributed by atoms with Crippen LogP contribution in [0.25, 0.3) is 0 Å². The lowest BCUT2D eigenvalue weighted by Crippen LogP contribution is -2.15. The zero-order chi connectivity index (χ0) is 20.2. The lowest BCUT2D eigenvalue weighted by Gasteiger charge is -2.12. The third kappa shape index (κ3) is 4.48. The molecule has 2 heterocycles. The van der Waals surface area contributed by atoms with Crippen molar-refractivity contribution >= 4 is 23.0 Å². The molecule has 0 atom stereocenters. The second-order valence-electron chi connectivity index (χ2n) is 7.15. The number of aliphatic imine (C=N–C) groups is 2. The zero-order valence-corrected chi connectivity index (χ0v) is 16.3. The summed E-state index contributed by atoms with van der Waals surface area (Å²) >= 11 is 0. The number of amidine groups is 2. The fraction of sp³-hybridized carbons (Fsp3) is 0.174. The summed E-state index contributed by atoms with van der Waals surface area (Å²) in [5, 5.41) is 3.22. The second-order valence-corrected chi connectivity index (χ2v) is 7.15. The van der Waals surface area contributed by atoms with E-state index >= 15 is 0 Å². The fourth-order valence-electron chi connectivity index (χ4n) is 2.85. The molecule has 0 fully saturated rings. The minimum absolute atomic E-state index is 0.337. The van der Waals surface area contributed by atoms with E-state index in [1.807, 2.05) is 36.4 Å². The monoisotopic (exact) mass is 388 g/mol. The Hall–Kier alpha value is -3.54. The molecule has 1 aliphatic heterocycles. The molecule has 5 nitrogen and oxygen atoms in total. The number of halogens is 1. The molecule has 1 aromatic heterocycles. The standard InChI is InChI=1S/C23H21FN4O/c1-15(2)14-29-19-6-3-16(4-7-19)22-27-21-13-18(24)5-8-20(21)26-23(28-22)17-9-11-25-12-10-17/h3-13,15H,14H2,1-2H3,(H,26,27,28). The van der Waals surface area contributed by atoms with Gasteiger partial charge in [-0.15, -0.1) is 0 Å². The Balaban J connectivity index is 1.72. The van der Waals surface area contributed by atoms with Gasteiger partial charge in [0.1, 0.15) is 17.4 Å². The summed E-state index contributed by atoms with van der Waals surface area (Å²) in [6, 6.07) is 15.8. The van der Waals surface area contributed by atoms with Gasteiger partial charge >= 0.3 is 0 Å². The lowest BCUT2D eigenvalue weighted by molar-refractivity contribution is 0.271. The van der Waals surface area contributed by atoms with Crippen molar-refractivity contribution < 1.29 is 9.13 Å². The normalized spacial score (nSPS) is 13.1. The van der Waals surface area contributed by atoms with Gasteiger partial charge in [0.05, 0.1) is 18.0 Å². The van der Waals surface area contributed by atoms with E-state index in [1.54, 1.807) is 18.5 Å². The number of aromatic nitrogens is 1. The first-order chi connectivity index (χ1) is 14.1. The van der Waals surface area contributed by atoms with Crippen LogP contribution >= 0.6 is 0 Å². The molecule has 0 saturated carbocycles. The quantitative estimate of drug-likeness (QED) is 0.653. The number of hydrogen-bond acceptors (Lipinski definition) is 5. The van der Waals surface area contributed by atoms with Gasteiger partial charge in [0.25, 0.3) is 0 Å². The van der Waals surface area contributed by atoms with Gasteiger partial charge in [0, 0.05) is 23.5 Å². The van der Waals surface area contributed by atoms with Crippen LogP contribution in [0.15, 0.2) is 77.0 Å². The molecule has 0 amide bonds. The highest BCUT2D eigenvalue weighted by atomic mass is 19.1. The average molecular weight is 388 g/mol. The molecule has 4 rings (SSSR count). The van der Waals surface area contributed by atoms with Crippen LogP contribution in [0.1, 0.15) is 25.0 Å². The van der Waals surface area contributed by atoms with Gasteiger partial charge in [-0.2, -0.15) is 0 Å². The van der Waals surface area contributed by atoms with Crippen LogP contribution in [0.2, 0.25) is 0 Å². The fourth-order valence-corrected chi connectivity index (χ4v) is 2.85. The highest BCUT2D eigenvalue weighted by Crippen LogP contribution is 2.30. The number of rotatable bonds is 5. The highest BCUT2D eigenvalue weighted by Gasteiger charge is 2.16. The summed E-state index contributed by atoms with van der Waals surface area (Å²) in [5.74, 6) is 2.02. The van der Waals surface area contributed by atoms with E-state index in [2.05, 4.69) is 29.1 Å². The van der Waals surface area contributed by atoms with E-state index in [-0.39, 0.29) is 5.82 Å². The predicted molar refractivity (Wildman–Crippen MR) is 114 cm³/mol. The second kappa shape index (κ2) is 8.22. The van der Waals surface area contributed by atoms with E-state index in [1.165, 1.54) is 12.1 Å². The molecule has 3 aromatic rings. The maximum absolute atomic E-state index is 13.8. The van der Waals surface area contributed by atoms with Crippen LogP contribution < -0.4 is 10.1 Å². The topological polar surface area (TPSA) is 58.9 Å². The molecule has 0 aliphatic carbocycles. The molecule has 1 N–H and O–H groups in total. The molecule has 29 heavy (non-hydrogen) atoms. The molecular formula is C23H21FN4O. The SMILES string of the molecule is CC(C)COc1ccc(C2=NC(c3ccncc3)=Nc3ccc(F)cc3N2)cc1. The van der Waals surface area contributed by atoms with Gasteiger partial charge in [-0.3, -0.25) is 4.98 Å². The Labute approximate surface area is 169 Å². The van der Waals surface area contributed by atoms with E-state index in [0.717, 1.165) is 16.9 Å². The Bertz CT molecular complexity index is 1060. The molecule has 0 spiro atoms. The largest absolute Gasteiger partial charge is 0.493 e. The van der Waals surface area contributed by atoms with Crippen molar-refractivity contribution in [2.75, 3.05) is 11.9 Å². The molecule has 0 bridgehead atoms. The maximum Gasteiger partial charge on any atom is 0.162 e. The zero-order valence-electron chi connectivity index (χ0n) is 16.3. The lowest BCUT2D eigenvalue weighted by atomic mass is 10.1. The van der Waals surface area contributed by atoms with E-state index in [9.17, 15) is 4.39 Å². The number of ether oxygens (including phenoxy) is 1. The first kappa shape index (κ1) is 18.8. The number of pyridine rings is 1. The minimum atomic E-state index is -0.337. The van der Waals surface area contributed by atoms with Crippen LogP contribution in [-0.4, -0.2) is 23.3 Å². The molecule has 0 saturated heterocycles. The Morgan fingerprint density at radius 2 is 1.69 bits per heavy atom. The number of fused-ring (bicyclic) bond motifs is 1. The van der Waals surface area contributed by atoms with Crippen molar-refractivity contribution in [1.29, 1.82) is 0 Å². The van der Waals surface area contributed by atoms with Crippen LogP contribution in [0, 0.1) is 11.7 Å². The molecule has 6 heteroatoms. The summed E-state index contributed by atoms with van der Waals surface area (Å²) < 4.78 is 19.6. The first-order valence-electron chi connectivity index (χ1n) is 9.46. The summed E-state index contributed by atoms with van der Waals surface area (Å²) in [5.41, 5.74) is 2.86. The van der Waals surface area contributed by atoms with Crippen LogP contribution in [0.5, 0.6) is 5.75 Å². The summed E-state index contributed by atoms with van der Waals surface area (Å²) in [4.78, 5) is 13.4. The van der Waals surface area contributed by atoms with E-state index in [4.69, 9.17) is 9.73 Å². The highest BCUT2D eigenvalue weighted by molar-refractivity contribution is 6.19. The third-order valence-electron chi connectivity index (χ3n) is 4.31. The maximum atomic E-state index is 13.8. The van der Waals surface area contributed by atoms with Gasteiger partial charge < -0.3 is 10.1 Å². The van der Waals surface area contributed by atoms with Crippen molar-refractivity contribution in [3.63, 3.8) is 0 Å². The molecule has 146 valence electrons. The third-order valence-corrected chi connectivity index (χ3v) is 4.31. The molecule has 1 aliphatic rings. The molecule has 2 aromatic carbocycles. The van der Waals surface area contributed by atoms with Crippen molar-refractivity contribution in [3.8, 4) is 5.75 Å². The van der Waals surface area contributed by atoms with E-state index < -0.39 is 0 Å². The van der Waals surface area contributed by atoms with Crippen molar-refractivity contribution in [2.45, 2.75) is 13.8 Å². The molecule has 0 unspecified atom stereocenters. The average Bonchev–Trinajstić information content (AvgIpc) is 2.92. The summed E-state index contributed by atoms with van der Waals surface area (Å²) in [6.07, 6.45) is 3.38. The van der Waals surface area contributed by atoms with Crippen molar-refractivity contribution in [1.82, 2.24) is 4.98 Å². The van der Waals surface area contributed by atoms with Gasteiger partial charge in [-0.1, -0.05) is 13.8 Å². The van der Waals surface area contributed by atoms with Gasteiger partial charge in [-0.05, 0) is 60.5 Å². The number of nitrogens with one attached hydrogen (secondary N) is 1. The minimum Gasteiger partial charge on any atom is -0.493 e. The summed E-state index contributed by atoms with van der Waals surface area (Å²) in [7, 11) is 0. The number of nitrogens with zero attached hydrogens (tertiary/aromatic N) is 3. The molecule has 0 radical (unpaired) electrons. The number of benzene rings is 2. The van der Waals surface area contributed by atoms with Crippen LogP contribution in [0.3, 0.4) is 0 Å². The van der Waals surface area contributed by atoms with Crippen molar-refractivity contribution in [2.24, 2.45) is 15.9 Å². The number of anilines is 1. The molecular weight excluding hydrogens is 367 g/mol. The Morgan fingerprint density at radius 1 is 0.931 bits per heavy atom. The van der Waals surface area contributed by atoms with Crippen molar-refractivity contribution in [3.05, 3.63) is 83.9 Å². The van der Waals surface area contributed by atoms with Gasteiger partial charge in [0.15, 0.2) is 5.84 Å². The first-order valence-corrected chi connectivity index (χ1v) is 9.46. The van der Waals surface area contributed by atoms with Gasteiger partial charge in [-0.25, -0.2) is 14.4 Å².